The number of hydrogen-bond donors (Lipinski definition) is 1. The van der Waals surface area contributed by atoms with Crippen molar-refractivity contribution in [1.29, 1.82) is 0 Å². The zero-order chi connectivity index (χ0) is 10.8. The molecule has 1 rings (SSSR count). The molecule has 0 saturated heterocycles. The Balaban J connectivity index is 3.05. The van der Waals surface area contributed by atoms with Gasteiger partial charge in [0.1, 0.15) is 0 Å². The Hall–Kier alpha value is -0.380. The summed E-state index contributed by atoms with van der Waals surface area (Å²) in [5, 5.41) is 0. The van der Waals surface area contributed by atoms with Crippen LogP contribution in [0, 0.1) is 6.92 Å². The molecule has 0 saturated carbocycles. The number of rotatable bonds is 3. The predicted molar refractivity (Wildman–Crippen MR) is 62.0 cm³/mol. The maximum absolute atomic E-state index is 5.12. The van der Waals surface area contributed by atoms with Crippen molar-refractivity contribution in [2.24, 2.45) is 5.90 Å². The summed E-state index contributed by atoms with van der Waals surface area (Å²) in [4.78, 5) is 4.73. The molecule has 0 aliphatic heterocycles. The van der Waals surface area contributed by atoms with Crippen LogP contribution in [0.2, 0.25) is 0 Å². The van der Waals surface area contributed by atoms with Gasteiger partial charge in [-0.05, 0) is 30.2 Å². The Morgan fingerprint density at radius 3 is 2.50 bits per heavy atom. The van der Waals surface area contributed by atoms with E-state index in [1.165, 1.54) is 11.1 Å². The summed E-state index contributed by atoms with van der Waals surface area (Å²) in [6.45, 7) is 6.82. The smallest absolute Gasteiger partial charge is 0.0770 e. The maximum atomic E-state index is 5.12. The molecule has 0 aliphatic carbocycles. The van der Waals surface area contributed by atoms with Crippen molar-refractivity contribution in [3.63, 3.8) is 0 Å². The van der Waals surface area contributed by atoms with E-state index in [9.17, 15) is 0 Å². The van der Waals surface area contributed by atoms with Crippen LogP contribution in [-0.2, 0) is 10.3 Å². The minimum Gasteiger partial charge on any atom is -0.304 e. The van der Waals surface area contributed by atoms with E-state index in [1.807, 2.05) is 0 Å². The van der Waals surface area contributed by atoms with Gasteiger partial charge in [-0.2, -0.15) is 0 Å². The summed E-state index contributed by atoms with van der Waals surface area (Å²) < 4.78 is 1.09. The quantitative estimate of drug-likeness (QED) is 0.846. The molecule has 1 aromatic carbocycles. The highest BCUT2D eigenvalue weighted by Gasteiger charge is 2.21. The highest BCUT2D eigenvalue weighted by atomic mass is 79.9. The Morgan fingerprint density at radius 2 is 2.00 bits per heavy atom. The van der Waals surface area contributed by atoms with E-state index in [4.69, 9.17) is 10.7 Å². The van der Waals surface area contributed by atoms with Gasteiger partial charge < -0.3 is 4.84 Å². The third-order valence-corrected chi connectivity index (χ3v) is 2.73. The lowest BCUT2D eigenvalue weighted by Crippen LogP contribution is -2.26. The van der Waals surface area contributed by atoms with Gasteiger partial charge in [0.05, 0.1) is 6.61 Å². The number of aryl methyl sites for hydroxylation is 1. The van der Waals surface area contributed by atoms with Crippen LogP contribution in [0.15, 0.2) is 22.7 Å². The van der Waals surface area contributed by atoms with E-state index < -0.39 is 0 Å². The van der Waals surface area contributed by atoms with Crippen LogP contribution in [0.4, 0.5) is 0 Å². The normalized spacial score (nSPS) is 11.8. The van der Waals surface area contributed by atoms with Crippen molar-refractivity contribution in [2.75, 3.05) is 6.61 Å². The van der Waals surface area contributed by atoms with Crippen molar-refractivity contribution in [3.8, 4) is 0 Å². The molecular weight excluding hydrogens is 242 g/mol. The second-order valence-corrected chi connectivity index (χ2v) is 5.13. The summed E-state index contributed by atoms with van der Waals surface area (Å²) in [5.74, 6) is 5.12. The molecule has 0 aliphatic rings. The molecule has 0 heterocycles. The third-order valence-electron chi connectivity index (χ3n) is 2.27. The molecule has 1 aromatic rings. The van der Waals surface area contributed by atoms with Gasteiger partial charge in [0.2, 0.25) is 0 Å². The highest BCUT2D eigenvalue weighted by Crippen LogP contribution is 2.27. The average Bonchev–Trinajstić information content (AvgIpc) is 2.02. The van der Waals surface area contributed by atoms with Crippen molar-refractivity contribution in [3.05, 3.63) is 33.8 Å². The van der Waals surface area contributed by atoms with Crippen molar-refractivity contribution >= 4 is 15.9 Å². The predicted octanol–water partition coefficient (Wildman–Crippen LogP) is 2.93. The fourth-order valence-electron chi connectivity index (χ4n) is 1.42. The maximum Gasteiger partial charge on any atom is 0.0770 e. The Bertz CT molecular complexity index is 303. The Morgan fingerprint density at radius 1 is 1.36 bits per heavy atom. The van der Waals surface area contributed by atoms with Gasteiger partial charge >= 0.3 is 0 Å². The first kappa shape index (κ1) is 11.7. The van der Waals surface area contributed by atoms with Gasteiger partial charge in [-0.15, -0.1) is 0 Å². The molecule has 0 aromatic heterocycles. The lowest BCUT2D eigenvalue weighted by Gasteiger charge is -2.24. The Kier molecular flexibility index (Phi) is 3.70. The van der Waals surface area contributed by atoms with Crippen LogP contribution in [0.1, 0.15) is 25.0 Å². The molecule has 0 fully saturated rings. The SMILES string of the molecule is Cc1cc(Br)cc(C(C)(C)CON)c1. The van der Waals surface area contributed by atoms with E-state index in [0.717, 1.165) is 4.47 Å². The largest absolute Gasteiger partial charge is 0.304 e. The molecule has 0 spiro atoms. The van der Waals surface area contributed by atoms with Crippen LogP contribution in [0.3, 0.4) is 0 Å². The molecule has 78 valence electrons. The summed E-state index contributed by atoms with van der Waals surface area (Å²) >= 11 is 3.48. The summed E-state index contributed by atoms with van der Waals surface area (Å²) in [6, 6.07) is 6.35. The summed E-state index contributed by atoms with van der Waals surface area (Å²) in [7, 11) is 0. The van der Waals surface area contributed by atoms with Gasteiger partial charge in [-0.1, -0.05) is 35.8 Å². The molecule has 0 radical (unpaired) electrons. The van der Waals surface area contributed by atoms with E-state index in [1.54, 1.807) is 0 Å². The number of benzene rings is 1. The van der Waals surface area contributed by atoms with E-state index in [0.29, 0.717) is 6.61 Å². The van der Waals surface area contributed by atoms with Gasteiger partial charge in [0, 0.05) is 9.89 Å². The van der Waals surface area contributed by atoms with Crippen LogP contribution in [-0.4, -0.2) is 6.61 Å². The minimum atomic E-state index is -0.0523. The second kappa shape index (κ2) is 4.43. The number of halogens is 1. The second-order valence-electron chi connectivity index (χ2n) is 4.21. The van der Waals surface area contributed by atoms with Gasteiger partial charge in [-0.25, -0.2) is 5.90 Å². The molecule has 14 heavy (non-hydrogen) atoms. The zero-order valence-electron chi connectivity index (χ0n) is 8.80. The third kappa shape index (κ3) is 2.80. The van der Waals surface area contributed by atoms with Crippen molar-refractivity contribution in [1.82, 2.24) is 0 Å². The van der Waals surface area contributed by atoms with Crippen LogP contribution in [0.5, 0.6) is 0 Å². The van der Waals surface area contributed by atoms with Crippen LogP contribution < -0.4 is 5.90 Å². The average molecular weight is 258 g/mol. The standard InChI is InChI=1S/C11H16BrNO/c1-8-4-9(6-10(12)5-8)11(2,3)7-14-13/h4-6H,7,13H2,1-3H3. The Labute approximate surface area is 93.5 Å². The number of hydrogen-bond acceptors (Lipinski definition) is 2. The molecular formula is C11H16BrNO. The fraction of sp³-hybridized carbons (Fsp3) is 0.455. The lowest BCUT2D eigenvalue weighted by molar-refractivity contribution is 0.0964. The van der Waals surface area contributed by atoms with E-state index in [-0.39, 0.29) is 5.41 Å². The first-order chi connectivity index (χ1) is 6.45. The number of nitrogens with two attached hydrogens (primary N) is 1. The van der Waals surface area contributed by atoms with Crippen molar-refractivity contribution < 1.29 is 4.84 Å². The van der Waals surface area contributed by atoms with Crippen LogP contribution >= 0.6 is 15.9 Å². The van der Waals surface area contributed by atoms with E-state index in [2.05, 4.69) is 54.9 Å². The summed E-state index contributed by atoms with van der Waals surface area (Å²) in [5.41, 5.74) is 2.41. The zero-order valence-corrected chi connectivity index (χ0v) is 10.4. The molecule has 2 N–H and O–H groups in total. The van der Waals surface area contributed by atoms with Gasteiger partial charge in [0.15, 0.2) is 0 Å². The molecule has 0 unspecified atom stereocenters. The molecule has 0 amide bonds. The van der Waals surface area contributed by atoms with Gasteiger partial charge in [-0.3, -0.25) is 0 Å². The topological polar surface area (TPSA) is 35.2 Å². The molecule has 0 atom stereocenters. The van der Waals surface area contributed by atoms with E-state index >= 15 is 0 Å². The minimum absolute atomic E-state index is 0.0523. The molecule has 2 nitrogen and oxygen atoms in total. The fourth-order valence-corrected chi connectivity index (χ4v) is 2.03. The van der Waals surface area contributed by atoms with Crippen LogP contribution in [0.25, 0.3) is 0 Å². The summed E-state index contributed by atoms with van der Waals surface area (Å²) in [6.07, 6.45) is 0. The molecule has 0 bridgehead atoms. The lowest BCUT2D eigenvalue weighted by atomic mass is 9.85. The molecule has 3 heteroatoms. The van der Waals surface area contributed by atoms with Crippen molar-refractivity contribution in [2.45, 2.75) is 26.2 Å². The highest BCUT2D eigenvalue weighted by molar-refractivity contribution is 9.10. The first-order valence-electron chi connectivity index (χ1n) is 4.55. The monoisotopic (exact) mass is 257 g/mol. The van der Waals surface area contributed by atoms with Gasteiger partial charge in [0.25, 0.3) is 0 Å². The first-order valence-corrected chi connectivity index (χ1v) is 5.34.